The minimum Gasteiger partial charge on any atom is -0.480 e. The predicted molar refractivity (Wildman–Crippen MR) is 83.0 cm³/mol. The highest BCUT2D eigenvalue weighted by molar-refractivity contribution is 5.98. The maximum absolute atomic E-state index is 12.2. The lowest BCUT2D eigenvalue weighted by molar-refractivity contribution is -0.139. The number of amides is 1. The van der Waals surface area contributed by atoms with Crippen molar-refractivity contribution in [2.24, 2.45) is 0 Å². The third-order valence-electron chi connectivity index (χ3n) is 3.45. The summed E-state index contributed by atoms with van der Waals surface area (Å²) in [6.07, 6.45) is 1.85. The molecule has 0 unspecified atom stereocenters. The summed E-state index contributed by atoms with van der Waals surface area (Å²) in [5.41, 5.74) is 0.0158. The molecule has 0 aliphatic heterocycles. The van der Waals surface area contributed by atoms with Crippen LogP contribution in [0.3, 0.4) is 0 Å². The highest BCUT2D eigenvalue weighted by Crippen LogP contribution is 2.10. The Morgan fingerprint density at radius 1 is 1.32 bits per heavy atom. The van der Waals surface area contributed by atoms with Gasteiger partial charge in [-0.1, -0.05) is 38.0 Å². The molecule has 2 aromatic rings. The highest BCUT2D eigenvalue weighted by Gasteiger charge is 2.21. The van der Waals surface area contributed by atoms with E-state index in [1.807, 2.05) is 6.92 Å². The first-order valence-corrected chi connectivity index (χ1v) is 7.18. The van der Waals surface area contributed by atoms with Gasteiger partial charge in [0.25, 0.3) is 11.5 Å². The number of para-hydroxylation sites is 1. The van der Waals surface area contributed by atoms with Gasteiger partial charge in [0.2, 0.25) is 0 Å². The molecular formula is C16H18N2O4. The Hall–Kier alpha value is -2.63. The first kappa shape index (κ1) is 15.8. The molecule has 0 spiro atoms. The van der Waals surface area contributed by atoms with Gasteiger partial charge in [0, 0.05) is 5.52 Å². The molecule has 1 atom stereocenters. The van der Waals surface area contributed by atoms with Gasteiger partial charge >= 0.3 is 5.97 Å². The van der Waals surface area contributed by atoms with Crippen molar-refractivity contribution in [3.63, 3.8) is 0 Å². The Labute approximate surface area is 127 Å². The van der Waals surface area contributed by atoms with E-state index in [9.17, 15) is 14.4 Å². The predicted octanol–water partition coefficient (Wildman–Crippen LogP) is 1.90. The summed E-state index contributed by atoms with van der Waals surface area (Å²) in [5.74, 6) is -1.77. The number of H-pyrrole nitrogens is 1. The van der Waals surface area contributed by atoms with Gasteiger partial charge in [0.1, 0.15) is 11.6 Å². The zero-order valence-corrected chi connectivity index (χ0v) is 12.3. The van der Waals surface area contributed by atoms with Crippen LogP contribution in [0.2, 0.25) is 0 Å². The lowest BCUT2D eigenvalue weighted by Gasteiger charge is -2.14. The van der Waals surface area contributed by atoms with Crippen molar-refractivity contribution in [2.75, 3.05) is 0 Å². The number of pyridine rings is 1. The lowest BCUT2D eigenvalue weighted by Crippen LogP contribution is -2.42. The van der Waals surface area contributed by atoms with Crippen LogP contribution in [0.4, 0.5) is 0 Å². The molecular weight excluding hydrogens is 284 g/mol. The van der Waals surface area contributed by atoms with Crippen LogP contribution in [-0.2, 0) is 4.79 Å². The van der Waals surface area contributed by atoms with Crippen LogP contribution in [0, 0.1) is 0 Å². The summed E-state index contributed by atoms with van der Waals surface area (Å²) in [4.78, 5) is 38.0. The molecule has 1 amide bonds. The summed E-state index contributed by atoms with van der Waals surface area (Å²) >= 11 is 0. The van der Waals surface area contributed by atoms with E-state index in [0.717, 1.165) is 6.42 Å². The van der Waals surface area contributed by atoms with Gasteiger partial charge in [-0.2, -0.15) is 0 Å². The molecule has 1 heterocycles. The lowest BCUT2D eigenvalue weighted by atomic mass is 10.1. The summed E-state index contributed by atoms with van der Waals surface area (Å²) in [6.45, 7) is 1.94. The molecule has 0 bridgehead atoms. The van der Waals surface area contributed by atoms with E-state index < -0.39 is 23.5 Å². The number of carbonyl (C=O) groups excluding carboxylic acids is 1. The van der Waals surface area contributed by atoms with Crippen molar-refractivity contribution in [3.8, 4) is 0 Å². The Kier molecular flexibility index (Phi) is 4.93. The number of nitrogens with one attached hydrogen (secondary N) is 2. The Morgan fingerprint density at radius 3 is 2.73 bits per heavy atom. The van der Waals surface area contributed by atoms with Crippen molar-refractivity contribution < 1.29 is 14.7 Å². The van der Waals surface area contributed by atoms with E-state index in [2.05, 4.69) is 10.3 Å². The summed E-state index contributed by atoms with van der Waals surface area (Å²) in [5, 5.41) is 12.3. The zero-order chi connectivity index (χ0) is 16.1. The van der Waals surface area contributed by atoms with Crippen molar-refractivity contribution in [3.05, 3.63) is 46.2 Å². The smallest absolute Gasteiger partial charge is 0.326 e. The molecule has 0 aliphatic carbocycles. The molecule has 0 radical (unpaired) electrons. The second-order valence-electron chi connectivity index (χ2n) is 5.11. The third kappa shape index (κ3) is 3.52. The molecule has 0 fully saturated rings. The molecule has 2 rings (SSSR count). The number of carbonyl (C=O) groups is 2. The van der Waals surface area contributed by atoms with Crippen LogP contribution in [0.15, 0.2) is 35.1 Å². The van der Waals surface area contributed by atoms with Crippen molar-refractivity contribution >= 4 is 22.8 Å². The number of fused-ring (bicyclic) bond motifs is 1. The minimum atomic E-state index is -1.10. The molecule has 0 saturated heterocycles. The maximum atomic E-state index is 12.2. The average molecular weight is 302 g/mol. The van der Waals surface area contributed by atoms with Crippen LogP contribution in [-0.4, -0.2) is 28.0 Å². The number of carboxylic acid groups (broad SMARTS) is 1. The molecule has 0 saturated carbocycles. The van der Waals surface area contributed by atoms with Gasteiger partial charge < -0.3 is 15.4 Å². The van der Waals surface area contributed by atoms with Crippen molar-refractivity contribution in [2.45, 2.75) is 32.2 Å². The molecule has 6 nitrogen and oxygen atoms in total. The van der Waals surface area contributed by atoms with Crippen molar-refractivity contribution in [1.82, 2.24) is 10.3 Å². The molecule has 6 heteroatoms. The Bertz CT molecular complexity index is 751. The Morgan fingerprint density at radius 2 is 2.05 bits per heavy atom. The second-order valence-corrected chi connectivity index (χ2v) is 5.11. The Balaban J connectivity index is 2.26. The number of aromatic nitrogens is 1. The van der Waals surface area contributed by atoms with E-state index in [1.165, 1.54) is 6.07 Å². The monoisotopic (exact) mass is 302 g/mol. The van der Waals surface area contributed by atoms with E-state index in [0.29, 0.717) is 23.7 Å². The first-order valence-electron chi connectivity index (χ1n) is 7.18. The largest absolute Gasteiger partial charge is 0.480 e. The van der Waals surface area contributed by atoms with Gasteiger partial charge in [-0.05, 0) is 23.9 Å². The fraction of sp³-hybridized carbons (Fsp3) is 0.312. The van der Waals surface area contributed by atoms with Gasteiger partial charge in [-0.25, -0.2) is 4.79 Å². The van der Waals surface area contributed by atoms with E-state index in [1.54, 1.807) is 24.3 Å². The minimum absolute atomic E-state index is 0.0820. The number of aliphatic carboxylic acids is 1. The summed E-state index contributed by atoms with van der Waals surface area (Å²) in [7, 11) is 0. The zero-order valence-electron chi connectivity index (χ0n) is 12.3. The molecule has 22 heavy (non-hydrogen) atoms. The van der Waals surface area contributed by atoms with Crippen molar-refractivity contribution in [1.29, 1.82) is 0 Å². The number of aromatic amines is 1. The summed E-state index contributed by atoms with van der Waals surface area (Å²) in [6, 6.07) is 7.57. The maximum Gasteiger partial charge on any atom is 0.326 e. The van der Waals surface area contributed by atoms with Crippen LogP contribution in [0.25, 0.3) is 10.9 Å². The molecule has 116 valence electrons. The molecule has 3 N–H and O–H groups in total. The van der Waals surface area contributed by atoms with E-state index >= 15 is 0 Å². The molecule has 1 aromatic carbocycles. The average Bonchev–Trinajstić information content (AvgIpc) is 2.50. The summed E-state index contributed by atoms with van der Waals surface area (Å²) < 4.78 is 0. The van der Waals surface area contributed by atoms with Gasteiger partial charge in [-0.3, -0.25) is 9.59 Å². The normalized spacial score (nSPS) is 12.0. The second kappa shape index (κ2) is 6.89. The number of carboxylic acids is 1. The van der Waals surface area contributed by atoms with Gasteiger partial charge in [0.15, 0.2) is 0 Å². The van der Waals surface area contributed by atoms with Gasteiger partial charge in [0.05, 0.1) is 0 Å². The first-order chi connectivity index (χ1) is 10.5. The fourth-order valence-corrected chi connectivity index (χ4v) is 2.22. The molecule has 1 aromatic heterocycles. The van der Waals surface area contributed by atoms with Crippen LogP contribution in [0.1, 0.15) is 36.5 Å². The van der Waals surface area contributed by atoms with E-state index in [-0.39, 0.29) is 5.56 Å². The number of hydrogen-bond donors (Lipinski definition) is 3. The molecule has 0 aliphatic rings. The third-order valence-corrected chi connectivity index (χ3v) is 3.45. The fourth-order valence-electron chi connectivity index (χ4n) is 2.22. The highest BCUT2D eigenvalue weighted by atomic mass is 16.4. The number of rotatable bonds is 6. The quantitative estimate of drug-likeness (QED) is 0.759. The van der Waals surface area contributed by atoms with Crippen LogP contribution in [0.5, 0.6) is 0 Å². The van der Waals surface area contributed by atoms with E-state index in [4.69, 9.17) is 5.11 Å². The van der Waals surface area contributed by atoms with Crippen LogP contribution < -0.4 is 10.9 Å². The number of unbranched alkanes of at least 4 members (excludes halogenated alkanes) is 1. The topological polar surface area (TPSA) is 99.3 Å². The number of benzene rings is 1. The standard InChI is InChI=1S/C16H18N2O4/c1-2-3-7-13(16(21)22)18-15(20)11-9-10-6-4-5-8-12(10)17-14(11)19/h4-6,8-9,13H,2-3,7H2,1H3,(H,17,19)(H,18,20)(H,21,22)/t13-/m0/s1. The number of hydrogen-bond acceptors (Lipinski definition) is 3. The van der Waals surface area contributed by atoms with Crippen LogP contribution >= 0.6 is 0 Å². The SMILES string of the molecule is CCCC[C@H](NC(=O)c1cc2ccccc2[nH]c1=O)C(=O)O. The van der Waals surface area contributed by atoms with Gasteiger partial charge in [-0.15, -0.1) is 0 Å².